The van der Waals surface area contributed by atoms with Gasteiger partial charge in [-0.25, -0.2) is 4.79 Å². The van der Waals surface area contributed by atoms with Gasteiger partial charge in [0.1, 0.15) is 5.75 Å². The van der Waals surface area contributed by atoms with Gasteiger partial charge in [-0.15, -0.1) is 6.58 Å². The van der Waals surface area contributed by atoms with E-state index in [0.29, 0.717) is 17.6 Å². The highest BCUT2D eigenvalue weighted by atomic mass is 28.4. The summed E-state index contributed by atoms with van der Waals surface area (Å²) < 4.78 is 11.7. The first-order chi connectivity index (χ1) is 16.9. The van der Waals surface area contributed by atoms with Crippen molar-refractivity contribution in [3.8, 4) is 5.75 Å². The quantitative estimate of drug-likeness (QED) is 0.230. The van der Waals surface area contributed by atoms with E-state index in [1.165, 1.54) is 12.7 Å². The summed E-state index contributed by atoms with van der Waals surface area (Å²) in [6.45, 7) is 22.6. The fourth-order valence-electron chi connectivity index (χ4n) is 4.73. The van der Waals surface area contributed by atoms with Crippen molar-refractivity contribution in [3.05, 3.63) is 77.9 Å². The van der Waals surface area contributed by atoms with E-state index in [0.717, 1.165) is 30.9 Å². The molecule has 1 heterocycles. The van der Waals surface area contributed by atoms with E-state index in [9.17, 15) is 4.79 Å². The molecule has 2 aromatic rings. The molecule has 0 N–H and O–H groups in total. The third-order valence-corrected chi connectivity index (χ3v) is 12.2. The van der Waals surface area contributed by atoms with Crippen LogP contribution in [0.3, 0.4) is 0 Å². The van der Waals surface area contributed by atoms with E-state index < -0.39 is 8.32 Å². The van der Waals surface area contributed by atoms with E-state index in [4.69, 9.17) is 9.16 Å². The van der Waals surface area contributed by atoms with Crippen molar-refractivity contribution in [1.29, 1.82) is 0 Å². The van der Waals surface area contributed by atoms with Gasteiger partial charge in [-0.05, 0) is 67.4 Å². The molecule has 0 saturated carbocycles. The molecule has 0 unspecified atom stereocenters. The summed E-state index contributed by atoms with van der Waals surface area (Å²) in [4.78, 5) is 17.4. The summed E-state index contributed by atoms with van der Waals surface area (Å²) in [5.74, 6) is 0.599. The third kappa shape index (κ3) is 6.28. The molecule has 3 rings (SSSR count). The molecular weight excluding hydrogens is 464 g/mol. The molecule has 1 aliphatic rings. The minimum atomic E-state index is -1.98. The lowest BCUT2D eigenvalue weighted by Crippen LogP contribution is -2.57. The fourth-order valence-corrected chi connectivity index (χ4v) is 5.75. The molecule has 0 aliphatic carbocycles. The molecule has 0 spiro atoms. The zero-order valence-corrected chi connectivity index (χ0v) is 24.4. The van der Waals surface area contributed by atoms with Gasteiger partial charge >= 0.3 is 5.97 Å². The smallest absolute Gasteiger partial charge is 0.337 e. The van der Waals surface area contributed by atoms with E-state index >= 15 is 0 Å². The predicted octanol–water partition coefficient (Wildman–Crippen LogP) is 6.53. The minimum absolute atomic E-state index is 0.0131. The van der Waals surface area contributed by atoms with Crippen molar-refractivity contribution in [3.63, 3.8) is 0 Å². The summed E-state index contributed by atoms with van der Waals surface area (Å²) in [5.41, 5.74) is 2.82. The lowest BCUT2D eigenvalue weighted by Gasteiger charge is -2.47. The second kappa shape index (κ2) is 11.3. The summed E-state index contributed by atoms with van der Waals surface area (Å²) in [5, 5.41) is 0.114. The summed E-state index contributed by atoms with van der Waals surface area (Å²) in [6.07, 6.45) is 1.98. The topological polar surface area (TPSA) is 42.0 Å². The van der Waals surface area contributed by atoms with Crippen LogP contribution in [-0.4, -0.2) is 62.9 Å². The number of nitrogens with zero attached hydrogens (tertiary/aromatic N) is 2. The van der Waals surface area contributed by atoms with Crippen LogP contribution in [0.5, 0.6) is 5.75 Å². The Morgan fingerprint density at radius 2 is 1.72 bits per heavy atom. The maximum absolute atomic E-state index is 12.4. The Kier molecular flexibility index (Phi) is 8.86. The zero-order chi connectivity index (χ0) is 26.7. The SMILES string of the molecule is C=CCN1C[C@H](C)N([C@@H](c2cccc(O[Si](C)(C)C(C)(C)C)c2)c2cccc(C(=O)OC)c2)C[C@H]1C. The van der Waals surface area contributed by atoms with Crippen LogP contribution < -0.4 is 4.43 Å². The highest BCUT2D eigenvalue weighted by molar-refractivity contribution is 6.74. The molecule has 5 nitrogen and oxygen atoms in total. The molecule has 1 saturated heterocycles. The predicted molar refractivity (Wildman–Crippen MR) is 151 cm³/mol. The van der Waals surface area contributed by atoms with Gasteiger partial charge in [0.15, 0.2) is 0 Å². The van der Waals surface area contributed by atoms with Crippen LogP contribution >= 0.6 is 0 Å². The van der Waals surface area contributed by atoms with E-state index in [-0.39, 0.29) is 17.0 Å². The maximum Gasteiger partial charge on any atom is 0.337 e. The van der Waals surface area contributed by atoms with Gasteiger partial charge in [0.05, 0.1) is 18.7 Å². The Morgan fingerprint density at radius 1 is 1.08 bits per heavy atom. The van der Waals surface area contributed by atoms with E-state index in [2.05, 4.69) is 94.4 Å². The minimum Gasteiger partial charge on any atom is -0.543 e. The molecule has 0 amide bonds. The van der Waals surface area contributed by atoms with Gasteiger partial charge in [-0.1, -0.05) is 51.1 Å². The van der Waals surface area contributed by atoms with Gasteiger partial charge in [-0.3, -0.25) is 9.80 Å². The Labute approximate surface area is 219 Å². The van der Waals surface area contributed by atoms with Crippen molar-refractivity contribution in [2.75, 3.05) is 26.7 Å². The molecular formula is C30H44N2O3Si. The molecule has 0 radical (unpaired) electrons. The Bertz CT molecular complexity index is 1060. The second-order valence-corrected chi connectivity index (χ2v) is 16.3. The molecule has 1 fully saturated rings. The normalized spacial score (nSPS) is 20.6. The summed E-state index contributed by atoms with van der Waals surface area (Å²) in [6, 6.07) is 17.1. The molecule has 1 aliphatic heterocycles. The number of ether oxygens (including phenoxy) is 1. The Morgan fingerprint density at radius 3 is 2.33 bits per heavy atom. The first-order valence-corrected chi connectivity index (χ1v) is 15.9. The number of carbonyl (C=O) groups is 1. The van der Waals surface area contributed by atoms with Crippen molar-refractivity contribution < 1.29 is 14.0 Å². The van der Waals surface area contributed by atoms with Crippen molar-refractivity contribution in [2.45, 2.75) is 70.9 Å². The van der Waals surface area contributed by atoms with Crippen LogP contribution in [0, 0.1) is 0 Å². The van der Waals surface area contributed by atoms with Gasteiger partial charge in [0, 0.05) is 31.7 Å². The average Bonchev–Trinajstić information content (AvgIpc) is 2.81. The highest BCUT2D eigenvalue weighted by Crippen LogP contribution is 2.39. The molecule has 6 heteroatoms. The van der Waals surface area contributed by atoms with Crippen LogP contribution in [0.1, 0.15) is 62.1 Å². The van der Waals surface area contributed by atoms with Crippen LogP contribution in [0.25, 0.3) is 0 Å². The second-order valence-electron chi connectivity index (χ2n) is 11.6. The van der Waals surface area contributed by atoms with E-state index in [1.807, 2.05) is 24.3 Å². The number of rotatable bonds is 8. The lowest BCUT2D eigenvalue weighted by molar-refractivity contribution is 0.0306. The first-order valence-electron chi connectivity index (χ1n) is 13.0. The maximum atomic E-state index is 12.4. The van der Waals surface area contributed by atoms with Crippen LogP contribution in [0.15, 0.2) is 61.2 Å². The highest BCUT2D eigenvalue weighted by Gasteiger charge is 2.39. The molecule has 196 valence electrons. The zero-order valence-electron chi connectivity index (χ0n) is 23.4. The van der Waals surface area contributed by atoms with Gasteiger partial charge in [0.25, 0.3) is 0 Å². The van der Waals surface area contributed by atoms with Crippen LogP contribution in [-0.2, 0) is 4.74 Å². The standard InChI is InChI=1S/C30H44N2O3Si/c1-10-17-31-20-23(3)32(21-22(31)2)28(24-13-11-15-26(18-24)29(33)34-7)25-14-12-16-27(19-25)35-36(8,9)30(4,5)6/h10-16,18-19,22-23,28H,1,17,20-21H2,2-9H3/t22-,23+,28-/m1/s1. The fraction of sp³-hybridized carbons (Fsp3) is 0.500. The van der Waals surface area contributed by atoms with Crippen LogP contribution in [0.2, 0.25) is 18.1 Å². The first kappa shape index (κ1) is 28.2. The molecule has 36 heavy (non-hydrogen) atoms. The number of esters is 1. The van der Waals surface area contributed by atoms with Gasteiger partial charge < -0.3 is 9.16 Å². The summed E-state index contributed by atoms with van der Waals surface area (Å²) in [7, 11) is -0.557. The van der Waals surface area contributed by atoms with Gasteiger partial charge in [-0.2, -0.15) is 0 Å². The Hall–Kier alpha value is -2.41. The monoisotopic (exact) mass is 508 g/mol. The number of hydrogen-bond acceptors (Lipinski definition) is 5. The van der Waals surface area contributed by atoms with Crippen molar-refractivity contribution in [1.82, 2.24) is 9.80 Å². The largest absolute Gasteiger partial charge is 0.543 e. The number of carbonyl (C=O) groups excluding carboxylic acids is 1. The van der Waals surface area contributed by atoms with Crippen LogP contribution in [0.4, 0.5) is 0 Å². The molecule has 0 bridgehead atoms. The summed E-state index contributed by atoms with van der Waals surface area (Å²) >= 11 is 0. The number of hydrogen-bond donors (Lipinski definition) is 0. The van der Waals surface area contributed by atoms with Gasteiger partial charge in [0.2, 0.25) is 8.32 Å². The Balaban J connectivity index is 2.07. The third-order valence-electron chi connectivity index (χ3n) is 7.84. The van der Waals surface area contributed by atoms with Crippen molar-refractivity contribution in [2.24, 2.45) is 0 Å². The number of methoxy groups -OCH3 is 1. The van der Waals surface area contributed by atoms with Crippen molar-refractivity contribution >= 4 is 14.3 Å². The lowest BCUT2D eigenvalue weighted by atomic mass is 9.92. The molecule has 2 aromatic carbocycles. The molecule has 0 aromatic heterocycles. The van der Waals surface area contributed by atoms with E-state index in [1.54, 1.807) is 0 Å². The number of benzene rings is 2. The number of piperazine rings is 1. The average molecular weight is 509 g/mol. The molecule has 3 atom stereocenters.